The molecule has 7 nitrogen and oxygen atoms in total. The zero-order chi connectivity index (χ0) is 23.0. The molecule has 170 valence electrons. The molecule has 0 aliphatic carbocycles. The van der Waals surface area contributed by atoms with Crippen LogP contribution in [0.4, 0.5) is 11.4 Å². The van der Waals surface area contributed by atoms with E-state index in [1.165, 1.54) is 11.2 Å². The Morgan fingerprint density at radius 3 is 2.25 bits per heavy atom. The van der Waals surface area contributed by atoms with Gasteiger partial charge in [0.05, 0.1) is 4.90 Å². The van der Waals surface area contributed by atoms with Gasteiger partial charge in [-0.2, -0.15) is 4.31 Å². The normalized spacial score (nSPS) is 16.8. The van der Waals surface area contributed by atoms with Crippen molar-refractivity contribution in [1.29, 1.82) is 0 Å². The Morgan fingerprint density at radius 1 is 1.00 bits per heavy atom. The molecule has 0 bridgehead atoms. The summed E-state index contributed by atoms with van der Waals surface area (Å²) in [5.74, 6) is 0.0189. The number of piperazine rings is 1. The second kappa shape index (κ2) is 8.96. The summed E-state index contributed by atoms with van der Waals surface area (Å²) >= 11 is 3.45. The number of halogens is 1. The molecular formula is C23H26BrN3O4S. The van der Waals surface area contributed by atoms with Crippen molar-refractivity contribution in [3.63, 3.8) is 0 Å². The number of amides is 1. The van der Waals surface area contributed by atoms with E-state index in [4.69, 9.17) is 0 Å². The maximum absolute atomic E-state index is 13.5. The summed E-state index contributed by atoms with van der Waals surface area (Å²) < 4.78 is 28.9. The lowest BCUT2D eigenvalue weighted by atomic mass is 10.1. The largest absolute Gasteiger partial charge is 0.369 e. The van der Waals surface area contributed by atoms with Crippen LogP contribution in [0.2, 0.25) is 0 Å². The first-order valence-electron chi connectivity index (χ1n) is 10.7. The minimum atomic E-state index is -3.72. The van der Waals surface area contributed by atoms with Gasteiger partial charge in [0.25, 0.3) is 0 Å². The first kappa shape index (κ1) is 22.9. The molecule has 0 N–H and O–H groups in total. The third-order valence-corrected chi connectivity index (χ3v) is 8.98. The number of anilines is 2. The van der Waals surface area contributed by atoms with E-state index in [-0.39, 0.29) is 16.6 Å². The molecule has 32 heavy (non-hydrogen) atoms. The van der Waals surface area contributed by atoms with Crippen LogP contribution in [0.15, 0.2) is 45.8 Å². The van der Waals surface area contributed by atoms with E-state index in [0.717, 1.165) is 17.7 Å². The quantitative estimate of drug-likeness (QED) is 0.565. The van der Waals surface area contributed by atoms with E-state index in [0.29, 0.717) is 54.9 Å². The van der Waals surface area contributed by atoms with Crippen LogP contribution in [0.5, 0.6) is 0 Å². The summed E-state index contributed by atoms with van der Waals surface area (Å²) in [6.07, 6.45) is 1.11. The summed E-state index contributed by atoms with van der Waals surface area (Å²) in [6, 6.07) is 10.9. The Balaban J connectivity index is 1.53. The van der Waals surface area contributed by atoms with Gasteiger partial charge in [0.2, 0.25) is 15.9 Å². The van der Waals surface area contributed by atoms with E-state index in [2.05, 4.69) is 20.8 Å². The van der Waals surface area contributed by atoms with Gasteiger partial charge >= 0.3 is 0 Å². The molecule has 0 spiro atoms. The summed E-state index contributed by atoms with van der Waals surface area (Å²) in [7, 11) is -3.72. The highest BCUT2D eigenvalue weighted by atomic mass is 79.9. The number of hydrogen-bond acceptors (Lipinski definition) is 5. The topological polar surface area (TPSA) is 78.0 Å². The molecule has 1 amide bonds. The molecule has 0 radical (unpaired) electrons. The smallest absolute Gasteiger partial charge is 0.244 e. The molecular weight excluding hydrogens is 494 g/mol. The standard InChI is InChI=1S/C23H26BrN3O4S/c1-3-23(29)27-9-8-18-14-20(24)22(15-21(18)27)32(30,31)26-12-10-25(11-13-26)19-6-4-17(5-7-19)16(2)28/h4-7,14-15H,3,8-13H2,1-2H3. The highest BCUT2D eigenvalue weighted by Gasteiger charge is 2.33. The number of sulfonamides is 1. The van der Waals surface area contributed by atoms with E-state index in [9.17, 15) is 18.0 Å². The Kier molecular flexibility index (Phi) is 6.42. The number of ketones is 1. The van der Waals surface area contributed by atoms with Crippen molar-refractivity contribution in [2.75, 3.05) is 42.5 Å². The number of carbonyl (C=O) groups is 2. The lowest BCUT2D eigenvalue weighted by molar-refractivity contribution is -0.118. The molecule has 0 saturated carbocycles. The zero-order valence-electron chi connectivity index (χ0n) is 18.2. The van der Waals surface area contributed by atoms with Crippen molar-refractivity contribution >= 4 is 49.0 Å². The molecule has 9 heteroatoms. The molecule has 1 saturated heterocycles. The monoisotopic (exact) mass is 519 g/mol. The molecule has 4 rings (SSSR count). The molecule has 0 atom stereocenters. The van der Waals surface area contributed by atoms with Gasteiger partial charge in [-0.25, -0.2) is 8.42 Å². The molecule has 1 fully saturated rings. The Bertz CT molecular complexity index is 1160. The molecule has 0 unspecified atom stereocenters. The molecule has 0 aromatic heterocycles. The van der Waals surface area contributed by atoms with Crippen LogP contribution in [0.25, 0.3) is 0 Å². The van der Waals surface area contributed by atoms with Crippen LogP contribution in [0, 0.1) is 0 Å². The third kappa shape index (κ3) is 4.21. The summed E-state index contributed by atoms with van der Waals surface area (Å²) in [5, 5.41) is 0. The minimum absolute atomic E-state index is 0.00109. The zero-order valence-corrected chi connectivity index (χ0v) is 20.6. The third-order valence-electron chi connectivity index (χ3n) is 6.13. The van der Waals surface area contributed by atoms with Crippen molar-refractivity contribution in [1.82, 2.24) is 4.31 Å². The van der Waals surface area contributed by atoms with Crippen molar-refractivity contribution in [3.05, 3.63) is 52.0 Å². The number of rotatable bonds is 5. The fourth-order valence-electron chi connectivity index (χ4n) is 4.27. The highest BCUT2D eigenvalue weighted by molar-refractivity contribution is 9.10. The van der Waals surface area contributed by atoms with Crippen LogP contribution in [0.1, 0.15) is 36.2 Å². The number of hydrogen-bond donors (Lipinski definition) is 0. The van der Waals surface area contributed by atoms with Gasteiger partial charge in [0, 0.05) is 60.6 Å². The average Bonchev–Trinajstić information content (AvgIpc) is 3.20. The molecule has 2 aromatic carbocycles. The highest BCUT2D eigenvalue weighted by Crippen LogP contribution is 2.37. The minimum Gasteiger partial charge on any atom is -0.369 e. The Labute approximate surface area is 197 Å². The summed E-state index contributed by atoms with van der Waals surface area (Å²) in [5.41, 5.74) is 3.31. The lowest BCUT2D eigenvalue weighted by Gasteiger charge is -2.35. The molecule has 2 aliphatic heterocycles. The first-order valence-corrected chi connectivity index (χ1v) is 12.9. The molecule has 2 aromatic rings. The van der Waals surface area contributed by atoms with Gasteiger partial charge in [0.15, 0.2) is 5.78 Å². The van der Waals surface area contributed by atoms with Crippen LogP contribution < -0.4 is 9.80 Å². The van der Waals surface area contributed by atoms with Crippen LogP contribution >= 0.6 is 15.9 Å². The fourth-order valence-corrected chi connectivity index (χ4v) is 6.76. The number of benzene rings is 2. The van der Waals surface area contributed by atoms with E-state index in [1.807, 2.05) is 25.1 Å². The average molecular weight is 520 g/mol. The van der Waals surface area contributed by atoms with Crippen LogP contribution in [-0.2, 0) is 21.2 Å². The van der Waals surface area contributed by atoms with E-state index >= 15 is 0 Å². The van der Waals surface area contributed by atoms with Crippen molar-refractivity contribution in [2.45, 2.75) is 31.6 Å². The van der Waals surface area contributed by atoms with Crippen molar-refractivity contribution in [3.8, 4) is 0 Å². The molecule has 2 heterocycles. The second-order valence-electron chi connectivity index (χ2n) is 8.05. The second-order valence-corrected chi connectivity index (χ2v) is 10.8. The van der Waals surface area contributed by atoms with Gasteiger partial charge in [-0.3, -0.25) is 9.59 Å². The van der Waals surface area contributed by atoms with Gasteiger partial charge < -0.3 is 9.80 Å². The SMILES string of the molecule is CCC(=O)N1CCc2cc(Br)c(S(=O)(=O)N3CCN(c4ccc(C(C)=O)cc4)CC3)cc21. The Hall–Kier alpha value is -2.23. The summed E-state index contributed by atoms with van der Waals surface area (Å²) in [6.45, 7) is 5.76. The van der Waals surface area contributed by atoms with Crippen molar-refractivity contribution in [2.24, 2.45) is 0 Å². The van der Waals surface area contributed by atoms with Gasteiger partial charge in [-0.05, 0) is 71.2 Å². The predicted molar refractivity (Wildman–Crippen MR) is 128 cm³/mol. The summed E-state index contributed by atoms with van der Waals surface area (Å²) in [4.78, 5) is 27.8. The maximum atomic E-state index is 13.5. The lowest BCUT2D eigenvalue weighted by Crippen LogP contribution is -2.48. The van der Waals surface area contributed by atoms with Crippen LogP contribution in [0.3, 0.4) is 0 Å². The molecule has 2 aliphatic rings. The number of nitrogens with zero attached hydrogens (tertiary/aromatic N) is 3. The predicted octanol–water partition coefficient (Wildman–Crippen LogP) is 3.46. The number of carbonyl (C=O) groups excluding carboxylic acids is 2. The van der Waals surface area contributed by atoms with Crippen LogP contribution in [-0.4, -0.2) is 57.1 Å². The number of fused-ring (bicyclic) bond motifs is 1. The Morgan fingerprint density at radius 2 is 1.66 bits per heavy atom. The fraction of sp³-hybridized carbons (Fsp3) is 0.391. The van der Waals surface area contributed by atoms with E-state index in [1.54, 1.807) is 23.1 Å². The van der Waals surface area contributed by atoms with Gasteiger partial charge in [-0.1, -0.05) is 6.92 Å². The van der Waals surface area contributed by atoms with Gasteiger partial charge in [-0.15, -0.1) is 0 Å². The van der Waals surface area contributed by atoms with E-state index < -0.39 is 10.0 Å². The van der Waals surface area contributed by atoms with Gasteiger partial charge in [0.1, 0.15) is 0 Å². The van der Waals surface area contributed by atoms with Crippen molar-refractivity contribution < 1.29 is 18.0 Å². The maximum Gasteiger partial charge on any atom is 0.244 e. The number of Topliss-reactive ketones (excluding diaryl/α,β-unsaturated/α-hetero) is 1. The first-order chi connectivity index (χ1) is 15.2.